The quantitative estimate of drug-likeness (QED) is 0.894. The van der Waals surface area contributed by atoms with Gasteiger partial charge in [-0.2, -0.15) is 11.8 Å². The molecule has 1 unspecified atom stereocenters. The van der Waals surface area contributed by atoms with E-state index in [0.29, 0.717) is 5.25 Å². The molecule has 17 heavy (non-hydrogen) atoms. The zero-order valence-electron chi connectivity index (χ0n) is 10.3. The first-order valence-corrected chi connectivity index (χ1v) is 7.42. The molecule has 1 aromatic rings. The van der Waals surface area contributed by atoms with Crippen LogP contribution in [0.25, 0.3) is 0 Å². The first kappa shape index (κ1) is 13.1. The standard InChI is InChI=1S/C13H19ClN2S/c1-9-8-16(5-6-17-9)13-4-3-11(10(2)15)7-12(13)14/h3-4,7,9-10H,5-6,8,15H2,1-2H3/t9?,10-/m0/s1. The van der Waals surface area contributed by atoms with Gasteiger partial charge in [0.15, 0.2) is 0 Å². The maximum atomic E-state index is 6.35. The molecule has 94 valence electrons. The van der Waals surface area contributed by atoms with E-state index >= 15 is 0 Å². The molecular formula is C13H19ClN2S. The first-order chi connectivity index (χ1) is 8.08. The van der Waals surface area contributed by atoms with Gasteiger partial charge in [-0.1, -0.05) is 24.6 Å². The highest BCUT2D eigenvalue weighted by molar-refractivity contribution is 8.00. The van der Waals surface area contributed by atoms with Crippen LogP contribution in [0.2, 0.25) is 5.02 Å². The smallest absolute Gasteiger partial charge is 0.0642 e. The molecule has 1 aliphatic rings. The molecule has 2 N–H and O–H groups in total. The van der Waals surface area contributed by atoms with Crippen LogP contribution in [0.3, 0.4) is 0 Å². The van der Waals surface area contributed by atoms with E-state index in [2.05, 4.69) is 24.0 Å². The molecule has 0 amide bonds. The summed E-state index contributed by atoms with van der Waals surface area (Å²) in [5, 5.41) is 1.49. The van der Waals surface area contributed by atoms with Gasteiger partial charge in [-0.3, -0.25) is 0 Å². The molecule has 0 saturated carbocycles. The fraction of sp³-hybridized carbons (Fsp3) is 0.538. The van der Waals surface area contributed by atoms with Crippen molar-refractivity contribution in [3.8, 4) is 0 Å². The molecule has 1 aromatic carbocycles. The Morgan fingerprint density at radius 2 is 2.29 bits per heavy atom. The van der Waals surface area contributed by atoms with E-state index < -0.39 is 0 Å². The van der Waals surface area contributed by atoms with Gasteiger partial charge >= 0.3 is 0 Å². The second-order valence-corrected chi connectivity index (χ2v) is 6.58. The number of hydrogen-bond acceptors (Lipinski definition) is 3. The fourth-order valence-corrected chi connectivity index (χ4v) is 3.42. The molecule has 2 atom stereocenters. The van der Waals surface area contributed by atoms with E-state index in [4.69, 9.17) is 17.3 Å². The second-order valence-electron chi connectivity index (χ2n) is 4.63. The first-order valence-electron chi connectivity index (χ1n) is 5.99. The summed E-state index contributed by atoms with van der Waals surface area (Å²) in [5.74, 6) is 1.17. The van der Waals surface area contributed by atoms with Gasteiger partial charge < -0.3 is 10.6 Å². The summed E-state index contributed by atoms with van der Waals surface area (Å²) >= 11 is 8.38. The number of hydrogen-bond donors (Lipinski definition) is 1. The third-order valence-electron chi connectivity index (χ3n) is 3.08. The van der Waals surface area contributed by atoms with Crippen molar-refractivity contribution in [3.63, 3.8) is 0 Å². The Labute approximate surface area is 113 Å². The minimum absolute atomic E-state index is 0.0392. The van der Waals surface area contributed by atoms with E-state index in [-0.39, 0.29) is 6.04 Å². The summed E-state index contributed by atoms with van der Waals surface area (Å²) in [5.41, 5.74) is 8.10. The monoisotopic (exact) mass is 270 g/mol. The van der Waals surface area contributed by atoms with E-state index in [1.807, 2.05) is 24.8 Å². The molecule has 2 rings (SSSR count). The van der Waals surface area contributed by atoms with E-state index in [9.17, 15) is 0 Å². The van der Waals surface area contributed by atoms with Crippen LogP contribution < -0.4 is 10.6 Å². The Bertz CT molecular complexity index is 395. The number of halogens is 1. The SMILES string of the molecule is CC1CN(c2ccc([C@H](C)N)cc2Cl)CCS1. The molecule has 2 nitrogen and oxygen atoms in total. The van der Waals surface area contributed by atoms with Gasteiger partial charge in [0.1, 0.15) is 0 Å². The topological polar surface area (TPSA) is 29.3 Å². The molecule has 0 aromatic heterocycles. The lowest BCUT2D eigenvalue weighted by molar-refractivity contribution is 0.780. The third kappa shape index (κ3) is 3.09. The predicted octanol–water partition coefficient (Wildman–Crippen LogP) is 3.30. The molecule has 0 aliphatic carbocycles. The van der Waals surface area contributed by atoms with E-state index in [1.54, 1.807) is 0 Å². The summed E-state index contributed by atoms with van der Waals surface area (Å²) in [7, 11) is 0. The maximum absolute atomic E-state index is 6.35. The van der Waals surface area contributed by atoms with Crippen LogP contribution in [-0.2, 0) is 0 Å². The summed E-state index contributed by atoms with van der Waals surface area (Å²) < 4.78 is 0. The minimum atomic E-state index is 0.0392. The van der Waals surface area contributed by atoms with Crippen LogP contribution >= 0.6 is 23.4 Å². The molecule has 1 saturated heterocycles. The van der Waals surface area contributed by atoms with Crippen molar-refractivity contribution < 1.29 is 0 Å². The fourth-order valence-electron chi connectivity index (χ4n) is 2.10. The predicted molar refractivity (Wildman–Crippen MR) is 78.2 cm³/mol. The highest BCUT2D eigenvalue weighted by Gasteiger charge is 2.19. The number of benzene rings is 1. The molecule has 1 fully saturated rings. The van der Waals surface area contributed by atoms with Gasteiger partial charge in [-0.15, -0.1) is 0 Å². The van der Waals surface area contributed by atoms with Crippen LogP contribution in [0.5, 0.6) is 0 Å². The van der Waals surface area contributed by atoms with Crippen molar-refractivity contribution in [2.75, 3.05) is 23.7 Å². The van der Waals surface area contributed by atoms with Gasteiger partial charge in [0.05, 0.1) is 10.7 Å². The van der Waals surface area contributed by atoms with Gasteiger partial charge in [0.2, 0.25) is 0 Å². The second kappa shape index (κ2) is 5.51. The van der Waals surface area contributed by atoms with Crippen molar-refractivity contribution in [2.45, 2.75) is 25.1 Å². The number of nitrogens with two attached hydrogens (primary N) is 1. The summed E-state index contributed by atoms with van der Waals surface area (Å²) in [6, 6.07) is 6.22. The lowest BCUT2D eigenvalue weighted by atomic mass is 10.1. The summed E-state index contributed by atoms with van der Waals surface area (Å²) in [6.45, 7) is 6.39. The number of nitrogens with zero attached hydrogens (tertiary/aromatic N) is 1. The van der Waals surface area contributed by atoms with Gasteiger partial charge in [0.25, 0.3) is 0 Å². The third-order valence-corrected chi connectivity index (χ3v) is 4.52. The highest BCUT2D eigenvalue weighted by Crippen LogP contribution is 2.31. The zero-order valence-corrected chi connectivity index (χ0v) is 11.9. The molecule has 0 bridgehead atoms. The molecule has 0 spiro atoms. The molecule has 0 radical (unpaired) electrons. The minimum Gasteiger partial charge on any atom is -0.368 e. The average Bonchev–Trinajstić information content (AvgIpc) is 2.28. The Morgan fingerprint density at radius 3 is 2.88 bits per heavy atom. The van der Waals surface area contributed by atoms with Crippen LogP contribution in [-0.4, -0.2) is 24.1 Å². The molecule has 4 heteroatoms. The average molecular weight is 271 g/mol. The Hall–Kier alpha value is -0.380. The number of thioether (sulfide) groups is 1. The highest BCUT2D eigenvalue weighted by atomic mass is 35.5. The lowest BCUT2D eigenvalue weighted by Crippen LogP contribution is -2.36. The van der Waals surface area contributed by atoms with Gasteiger partial charge in [-0.05, 0) is 24.6 Å². The Balaban J connectivity index is 2.21. The van der Waals surface area contributed by atoms with Gasteiger partial charge in [0, 0.05) is 30.1 Å². The van der Waals surface area contributed by atoms with Crippen LogP contribution in [0, 0.1) is 0 Å². The van der Waals surface area contributed by atoms with Crippen LogP contribution in [0.4, 0.5) is 5.69 Å². The molecular weight excluding hydrogens is 252 g/mol. The largest absolute Gasteiger partial charge is 0.368 e. The van der Waals surface area contributed by atoms with Crippen molar-refractivity contribution in [1.29, 1.82) is 0 Å². The lowest BCUT2D eigenvalue weighted by Gasteiger charge is -2.33. The Morgan fingerprint density at radius 1 is 1.53 bits per heavy atom. The van der Waals surface area contributed by atoms with Gasteiger partial charge in [-0.25, -0.2) is 0 Å². The van der Waals surface area contributed by atoms with Crippen molar-refractivity contribution >= 4 is 29.1 Å². The number of rotatable bonds is 2. The normalized spacial score (nSPS) is 22.6. The van der Waals surface area contributed by atoms with E-state index in [0.717, 1.165) is 29.4 Å². The van der Waals surface area contributed by atoms with Crippen LogP contribution in [0.15, 0.2) is 18.2 Å². The summed E-state index contributed by atoms with van der Waals surface area (Å²) in [4.78, 5) is 2.37. The summed E-state index contributed by atoms with van der Waals surface area (Å²) in [6.07, 6.45) is 0. The Kier molecular flexibility index (Phi) is 4.23. The van der Waals surface area contributed by atoms with Crippen molar-refractivity contribution in [1.82, 2.24) is 0 Å². The van der Waals surface area contributed by atoms with Crippen LogP contribution in [0.1, 0.15) is 25.5 Å². The zero-order chi connectivity index (χ0) is 12.4. The maximum Gasteiger partial charge on any atom is 0.0642 e. The van der Waals surface area contributed by atoms with Crippen molar-refractivity contribution in [2.24, 2.45) is 5.73 Å². The molecule has 1 aliphatic heterocycles. The van der Waals surface area contributed by atoms with E-state index in [1.165, 1.54) is 5.75 Å². The number of anilines is 1. The molecule has 1 heterocycles. The van der Waals surface area contributed by atoms with Crippen molar-refractivity contribution in [3.05, 3.63) is 28.8 Å².